The van der Waals surface area contributed by atoms with Crippen LogP contribution in [-0.4, -0.2) is 15.2 Å². The molecule has 0 saturated carbocycles. The van der Waals surface area contributed by atoms with Gasteiger partial charge in [-0.25, -0.2) is 0 Å². The summed E-state index contributed by atoms with van der Waals surface area (Å²) in [6.07, 6.45) is 0. The molecule has 72 valence electrons. The number of nitrogens with one attached hydrogen (secondary N) is 1. The van der Waals surface area contributed by atoms with E-state index in [9.17, 15) is 0 Å². The summed E-state index contributed by atoms with van der Waals surface area (Å²) in [5.41, 5.74) is 7.56. The molecule has 0 spiro atoms. The minimum Gasteiger partial charge on any atom is -0.366 e. The van der Waals surface area contributed by atoms with E-state index in [-0.39, 0.29) is 5.95 Å². The largest absolute Gasteiger partial charge is 0.366 e. The van der Waals surface area contributed by atoms with E-state index in [2.05, 4.69) is 31.1 Å². The molecule has 5 heteroatoms. The van der Waals surface area contributed by atoms with Gasteiger partial charge in [-0.1, -0.05) is 28.1 Å². The van der Waals surface area contributed by atoms with Crippen LogP contribution >= 0.6 is 15.9 Å². The molecule has 0 radical (unpaired) electrons. The molecule has 0 saturated heterocycles. The molecular weight excluding hydrogens is 244 g/mol. The average molecular weight is 253 g/mol. The van der Waals surface area contributed by atoms with Gasteiger partial charge in [0, 0.05) is 10.0 Å². The number of anilines is 1. The molecular formula is C9H9BrN4. The van der Waals surface area contributed by atoms with Crippen LogP contribution in [0.25, 0.3) is 11.4 Å². The van der Waals surface area contributed by atoms with Crippen LogP contribution in [0.3, 0.4) is 0 Å². The van der Waals surface area contributed by atoms with Gasteiger partial charge in [-0.2, -0.15) is 4.98 Å². The highest BCUT2D eigenvalue weighted by Gasteiger charge is 2.07. The lowest BCUT2D eigenvalue weighted by Gasteiger charge is -2.03. The number of nitrogens with two attached hydrogens (primary N) is 1. The molecule has 2 aromatic rings. The molecule has 4 nitrogen and oxygen atoms in total. The normalized spacial score (nSPS) is 10.4. The summed E-state index contributed by atoms with van der Waals surface area (Å²) in [6.45, 7) is 2.01. The Kier molecular flexibility index (Phi) is 2.25. The molecule has 0 aliphatic carbocycles. The fourth-order valence-corrected chi connectivity index (χ4v) is 1.63. The highest BCUT2D eigenvalue weighted by Crippen LogP contribution is 2.26. The van der Waals surface area contributed by atoms with Gasteiger partial charge in [0.2, 0.25) is 5.95 Å². The van der Waals surface area contributed by atoms with Crippen molar-refractivity contribution in [1.82, 2.24) is 15.2 Å². The van der Waals surface area contributed by atoms with Crippen LogP contribution in [-0.2, 0) is 0 Å². The van der Waals surface area contributed by atoms with E-state index in [1.54, 1.807) is 0 Å². The molecule has 1 heterocycles. The van der Waals surface area contributed by atoms with Gasteiger partial charge in [0.15, 0.2) is 5.82 Å². The van der Waals surface area contributed by atoms with Crippen molar-refractivity contribution >= 4 is 21.9 Å². The Balaban J connectivity index is 2.57. The second-order valence-electron chi connectivity index (χ2n) is 2.95. The maximum Gasteiger partial charge on any atom is 0.239 e. The molecule has 0 aliphatic heterocycles. The Morgan fingerprint density at radius 3 is 2.86 bits per heavy atom. The molecule has 0 unspecified atom stereocenters. The number of nitrogens with zero attached hydrogens (tertiary/aromatic N) is 2. The SMILES string of the molecule is Cc1c(Br)cccc1-c1nc(N)n[nH]1. The first-order valence-electron chi connectivity index (χ1n) is 4.12. The third kappa shape index (κ3) is 1.50. The number of aromatic nitrogens is 3. The average Bonchev–Trinajstić information content (AvgIpc) is 2.57. The first-order valence-corrected chi connectivity index (χ1v) is 4.91. The molecule has 0 atom stereocenters. The predicted molar refractivity (Wildman–Crippen MR) is 58.7 cm³/mol. The van der Waals surface area contributed by atoms with Crippen molar-refractivity contribution in [3.05, 3.63) is 28.2 Å². The molecule has 3 N–H and O–H groups in total. The fourth-order valence-electron chi connectivity index (χ4n) is 1.26. The second kappa shape index (κ2) is 3.42. The van der Waals surface area contributed by atoms with E-state index in [1.807, 2.05) is 25.1 Å². The summed E-state index contributed by atoms with van der Waals surface area (Å²) in [4.78, 5) is 4.07. The van der Waals surface area contributed by atoms with Crippen molar-refractivity contribution in [3.8, 4) is 11.4 Å². The summed E-state index contributed by atoms with van der Waals surface area (Å²) < 4.78 is 1.05. The number of H-pyrrole nitrogens is 1. The first kappa shape index (κ1) is 9.21. The smallest absolute Gasteiger partial charge is 0.239 e. The summed E-state index contributed by atoms with van der Waals surface area (Å²) in [5.74, 6) is 0.959. The van der Waals surface area contributed by atoms with Gasteiger partial charge in [-0.3, -0.25) is 5.10 Å². The lowest BCUT2D eigenvalue weighted by atomic mass is 10.1. The van der Waals surface area contributed by atoms with Crippen molar-refractivity contribution in [2.24, 2.45) is 0 Å². The lowest BCUT2D eigenvalue weighted by molar-refractivity contribution is 1.10. The zero-order valence-corrected chi connectivity index (χ0v) is 9.17. The quantitative estimate of drug-likeness (QED) is 0.817. The third-order valence-corrected chi connectivity index (χ3v) is 2.88. The van der Waals surface area contributed by atoms with E-state index >= 15 is 0 Å². The molecule has 0 bridgehead atoms. The Labute approximate surface area is 89.7 Å². The number of halogens is 1. The summed E-state index contributed by atoms with van der Waals surface area (Å²) in [6, 6.07) is 5.91. The summed E-state index contributed by atoms with van der Waals surface area (Å²) in [5, 5.41) is 6.57. The number of nitrogen functional groups attached to an aromatic ring is 1. The van der Waals surface area contributed by atoms with Crippen molar-refractivity contribution < 1.29 is 0 Å². The van der Waals surface area contributed by atoms with Crippen LogP contribution in [0.2, 0.25) is 0 Å². The molecule has 2 rings (SSSR count). The van der Waals surface area contributed by atoms with Gasteiger partial charge in [-0.15, -0.1) is 5.10 Å². The minimum absolute atomic E-state index is 0.263. The number of aromatic amines is 1. The molecule has 0 fully saturated rings. The standard InChI is InChI=1S/C9H9BrN4/c1-5-6(3-2-4-7(5)10)8-12-9(11)14-13-8/h2-4H,1H3,(H3,11,12,13,14). The van der Waals surface area contributed by atoms with Crippen molar-refractivity contribution in [3.63, 3.8) is 0 Å². The minimum atomic E-state index is 0.263. The highest BCUT2D eigenvalue weighted by molar-refractivity contribution is 9.10. The van der Waals surface area contributed by atoms with Crippen LogP contribution in [0.15, 0.2) is 22.7 Å². The second-order valence-corrected chi connectivity index (χ2v) is 3.81. The summed E-state index contributed by atoms with van der Waals surface area (Å²) >= 11 is 3.46. The Bertz CT molecular complexity index is 464. The molecule has 14 heavy (non-hydrogen) atoms. The summed E-state index contributed by atoms with van der Waals surface area (Å²) in [7, 11) is 0. The Hall–Kier alpha value is -1.36. The van der Waals surface area contributed by atoms with E-state index in [4.69, 9.17) is 5.73 Å². The van der Waals surface area contributed by atoms with Gasteiger partial charge in [-0.05, 0) is 18.6 Å². The lowest BCUT2D eigenvalue weighted by Crippen LogP contribution is -1.87. The number of benzene rings is 1. The van der Waals surface area contributed by atoms with Gasteiger partial charge in [0.05, 0.1) is 0 Å². The van der Waals surface area contributed by atoms with E-state index in [0.717, 1.165) is 15.6 Å². The van der Waals surface area contributed by atoms with Crippen LogP contribution < -0.4 is 5.73 Å². The van der Waals surface area contributed by atoms with Crippen LogP contribution in [0.5, 0.6) is 0 Å². The fraction of sp³-hybridized carbons (Fsp3) is 0.111. The molecule has 1 aromatic carbocycles. The van der Waals surface area contributed by atoms with Crippen molar-refractivity contribution in [1.29, 1.82) is 0 Å². The van der Waals surface area contributed by atoms with Crippen LogP contribution in [0.4, 0.5) is 5.95 Å². The third-order valence-electron chi connectivity index (χ3n) is 2.03. The van der Waals surface area contributed by atoms with Gasteiger partial charge < -0.3 is 5.73 Å². The van der Waals surface area contributed by atoms with Gasteiger partial charge in [0.25, 0.3) is 0 Å². The maximum atomic E-state index is 5.44. The number of hydrogen-bond acceptors (Lipinski definition) is 3. The first-order chi connectivity index (χ1) is 6.68. The van der Waals surface area contributed by atoms with E-state index in [0.29, 0.717) is 5.82 Å². The molecule has 1 aromatic heterocycles. The monoisotopic (exact) mass is 252 g/mol. The molecule has 0 amide bonds. The zero-order chi connectivity index (χ0) is 10.1. The van der Waals surface area contributed by atoms with Crippen molar-refractivity contribution in [2.45, 2.75) is 6.92 Å². The predicted octanol–water partition coefficient (Wildman–Crippen LogP) is 2.12. The van der Waals surface area contributed by atoms with Crippen molar-refractivity contribution in [2.75, 3.05) is 5.73 Å². The number of hydrogen-bond donors (Lipinski definition) is 2. The number of rotatable bonds is 1. The highest BCUT2D eigenvalue weighted by atomic mass is 79.9. The van der Waals surface area contributed by atoms with Gasteiger partial charge in [0.1, 0.15) is 0 Å². The van der Waals surface area contributed by atoms with Crippen LogP contribution in [0, 0.1) is 6.92 Å². The molecule has 0 aliphatic rings. The van der Waals surface area contributed by atoms with E-state index in [1.165, 1.54) is 0 Å². The Morgan fingerprint density at radius 2 is 2.21 bits per heavy atom. The van der Waals surface area contributed by atoms with E-state index < -0.39 is 0 Å². The topological polar surface area (TPSA) is 67.6 Å². The van der Waals surface area contributed by atoms with Gasteiger partial charge >= 0.3 is 0 Å². The maximum absolute atomic E-state index is 5.44. The zero-order valence-electron chi connectivity index (χ0n) is 7.58. The van der Waals surface area contributed by atoms with Crippen LogP contribution in [0.1, 0.15) is 5.56 Å². The Morgan fingerprint density at radius 1 is 1.43 bits per heavy atom.